The van der Waals surface area contributed by atoms with Gasteiger partial charge in [-0.3, -0.25) is 14.2 Å². The maximum absolute atomic E-state index is 12.8. The number of fused-ring (bicyclic) bond motifs is 2. The Morgan fingerprint density at radius 2 is 2.04 bits per heavy atom. The molecule has 0 saturated heterocycles. The second-order valence-electron chi connectivity index (χ2n) is 5.96. The number of ether oxygens (including phenoxy) is 2. The van der Waals surface area contributed by atoms with Gasteiger partial charge in [0.2, 0.25) is 12.7 Å². The third-order valence-corrected chi connectivity index (χ3v) is 4.36. The van der Waals surface area contributed by atoms with Crippen LogP contribution < -0.4 is 20.3 Å². The summed E-state index contributed by atoms with van der Waals surface area (Å²) in [5.74, 6) is 0.941. The highest BCUT2D eigenvalue weighted by atomic mass is 16.7. The predicted octanol–water partition coefficient (Wildman–Crippen LogP) is 2.72. The van der Waals surface area contributed by atoms with Gasteiger partial charge in [-0.1, -0.05) is 19.1 Å². The highest BCUT2D eigenvalue weighted by Gasteiger charge is 2.22. The Bertz CT molecular complexity index is 1040. The van der Waals surface area contributed by atoms with Crippen LogP contribution in [0.1, 0.15) is 19.4 Å². The number of nitrogens with one attached hydrogen (secondary N) is 1. The third kappa shape index (κ3) is 2.77. The van der Waals surface area contributed by atoms with Crippen molar-refractivity contribution in [1.82, 2.24) is 9.55 Å². The molecule has 26 heavy (non-hydrogen) atoms. The average molecular weight is 351 g/mol. The van der Waals surface area contributed by atoms with E-state index in [1.165, 1.54) is 10.9 Å². The number of para-hydroxylation sites is 1. The molecule has 7 nitrogen and oxygen atoms in total. The van der Waals surface area contributed by atoms with Gasteiger partial charge in [0.25, 0.3) is 5.56 Å². The standard InChI is InChI=1S/C19H17N3O4/c1-2-15(22-10-20-14-6-4-3-5-13(14)19(22)24)18(23)21-12-7-8-16-17(9-12)26-11-25-16/h3-10,15H,2,11H2,1H3,(H,21,23)/t15-/m0/s1. The van der Waals surface area contributed by atoms with Gasteiger partial charge in [0.05, 0.1) is 17.2 Å². The van der Waals surface area contributed by atoms with E-state index in [2.05, 4.69) is 10.3 Å². The van der Waals surface area contributed by atoms with Crippen LogP contribution in [0.15, 0.2) is 53.6 Å². The molecule has 0 fully saturated rings. The van der Waals surface area contributed by atoms with Crippen LogP contribution in [-0.2, 0) is 4.79 Å². The number of benzene rings is 2. The Hall–Kier alpha value is -3.35. The van der Waals surface area contributed by atoms with Gasteiger partial charge in [0, 0.05) is 11.8 Å². The van der Waals surface area contributed by atoms with Crippen LogP contribution in [0.4, 0.5) is 5.69 Å². The van der Waals surface area contributed by atoms with Crippen molar-refractivity contribution in [3.05, 3.63) is 59.1 Å². The Kier molecular flexibility index (Phi) is 4.04. The van der Waals surface area contributed by atoms with Crippen molar-refractivity contribution in [3.8, 4) is 11.5 Å². The first-order valence-electron chi connectivity index (χ1n) is 8.34. The number of hydrogen-bond donors (Lipinski definition) is 1. The predicted molar refractivity (Wildman–Crippen MR) is 96.5 cm³/mol. The number of amides is 1. The Labute approximate surface area is 149 Å². The van der Waals surface area contributed by atoms with Crippen molar-refractivity contribution in [2.24, 2.45) is 0 Å². The van der Waals surface area contributed by atoms with E-state index in [0.717, 1.165) is 0 Å². The Balaban J connectivity index is 1.64. The van der Waals surface area contributed by atoms with Crippen LogP contribution in [0.2, 0.25) is 0 Å². The van der Waals surface area contributed by atoms with Gasteiger partial charge < -0.3 is 14.8 Å². The van der Waals surface area contributed by atoms with E-state index in [1.54, 1.807) is 36.4 Å². The van der Waals surface area contributed by atoms with E-state index in [-0.39, 0.29) is 18.3 Å². The van der Waals surface area contributed by atoms with Gasteiger partial charge in [0.15, 0.2) is 11.5 Å². The molecule has 1 amide bonds. The molecule has 1 aliphatic rings. The summed E-state index contributed by atoms with van der Waals surface area (Å²) in [6, 6.07) is 11.6. The molecule has 0 spiro atoms. The SMILES string of the molecule is CC[C@@H](C(=O)Nc1ccc2c(c1)OCO2)n1cnc2ccccc2c1=O. The molecule has 1 aromatic heterocycles. The topological polar surface area (TPSA) is 82.4 Å². The number of nitrogens with zero attached hydrogens (tertiary/aromatic N) is 2. The quantitative estimate of drug-likeness (QED) is 0.781. The smallest absolute Gasteiger partial charge is 0.261 e. The fraction of sp³-hybridized carbons (Fsp3) is 0.211. The molecule has 0 unspecified atom stereocenters. The molecule has 1 atom stereocenters. The summed E-state index contributed by atoms with van der Waals surface area (Å²) in [6.45, 7) is 2.02. The summed E-state index contributed by atoms with van der Waals surface area (Å²) < 4.78 is 12.0. The van der Waals surface area contributed by atoms with Crippen molar-refractivity contribution in [2.45, 2.75) is 19.4 Å². The van der Waals surface area contributed by atoms with Crippen LogP contribution in [-0.4, -0.2) is 22.3 Å². The zero-order valence-electron chi connectivity index (χ0n) is 14.1. The average Bonchev–Trinajstić information content (AvgIpc) is 3.12. The van der Waals surface area contributed by atoms with Crippen molar-refractivity contribution < 1.29 is 14.3 Å². The lowest BCUT2D eigenvalue weighted by Gasteiger charge is -2.18. The fourth-order valence-electron chi connectivity index (χ4n) is 3.01. The Morgan fingerprint density at radius 3 is 2.88 bits per heavy atom. The van der Waals surface area contributed by atoms with E-state index in [4.69, 9.17) is 9.47 Å². The maximum atomic E-state index is 12.8. The molecule has 1 N–H and O–H groups in total. The molecule has 4 rings (SSSR count). The van der Waals surface area contributed by atoms with E-state index in [0.29, 0.717) is 34.5 Å². The summed E-state index contributed by atoms with van der Waals surface area (Å²) >= 11 is 0. The molecule has 0 aliphatic carbocycles. The van der Waals surface area contributed by atoms with Gasteiger partial charge in [-0.15, -0.1) is 0 Å². The molecule has 1 aliphatic heterocycles. The fourth-order valence-corrected chi connectivity index (χ4v) is 3.01. The molecule has 0 radical (unpaired) electrons. The zero-order chi connectivity index (χ0) is 18.1. The minimum Gasteiger partial charge on any atom is -0.454 e. The molecule has 2 aromatic carbocycles. The summed E-state index contributed by atoms with van der Waals surface area (Å²) in [5.41, 5.74) is 0.961. The highest BCUT2D eigenvalue weighted by molar-refractivity contribution is 5.94. The van der Waals surface area contributed by atoms with Crippen LogP contribution >= 0.6 is 0 Å². The number of rotatable bonds is 4. The van der Waals surface area contributed by atoms with E-state index in [1.807, 2.05) is 13.0 Å². The lowest BCUT2D eigenvalue weighted by molar-refractivity contribution is -0.119. The third-order valence-electron chi connectivity index (χ3n) is 4.36. The first-order chi connectivity index (χ1) is 12.7. The molecule has 0 bridgehead atoms. The van der Waals surface area contributed by atoms with Crippen molar-refractivity contribution in [1.29, 1.82) is 0 Å². The van der Waals surface area contributed by atoms with Gasteiger partial charge in [-0.05, 0) is 30.7 Å². The van der Waals surface area contributed by atoms with Crippen molar-refractivity contribution >= 4 is 22.5 Å². The van der Waals surface area contributed by atoms with Gasteiger partial charge >= 0.3 is 0 Å². The maximum Gasteiger partial charge on any atom is 0.261 e. The number of aromatic nitrogens is 2. The summed E-state index contributed by atoms with van der Waals surface area (Å²) in [7, 11) is 0. The largest absolute Gasteiger partial charge is 0.454 e. The van der Waals surface area contributed by atoms with Gasteiger partial charge in [-0.2, -0.15) is 0 Å². The molecular formula is C19H17N3O4. The first-order valence-corrected chi connectivity index (χ1v) is 8.34. The second-order valence-corrected chi connectivity index (χ2v) is 5.96. The summed E-state index contributed by atoms with van der Waals surface area (Å²) in [5, 5.41) is 3.32. The molecule has 0 saturated carbocycles. The second kappa shape index (κ2) is 6.51. The number of carbonyl (C=O) groups excluding carboxylic acids is 1. The zero-order valence-corrected chi connectivity index (χ0v) is 14.1. The molecular weight excluding hydrogens is 334 g/mol. The minimum atomic E-state index is -0.662. The summed E-state index contributed by atoms with van der Waals surface area (Å²) in [6.07, 6.45) is 1.88. The molecule has 7 heteroatoms. The van der Waals surface area contributed by atoms with E-state index in [9.17, 15) is 9.59 Å². The first kappa shape index (κ1) is 16.1. The van der Waals surface area contributed by atoms with Crippen LogP contribution in [0, 0.1) is 0 Å². The number of carbonyl (C=O) groups is 1. The van der Waals surface area contributed by atoms with Gasteiger partial charge in [0.1, 0.15) is 6.04 Å². The van der Waals surface area contributed by atoms with Crippen molar-refractivity contribution in [2.75, 3.05) is 12.1 Å². The normalized spacial score (nSPS) is 13.6. The lowest BCUT2D eigenvalue weighted by atomic mass is 10.1. The van der Waals surface area contributed by atoms with Crippen LogP contribution in [0.3, 0.4) is 0 Å². The van der Waals surface area contributed by atoms with Crippen molar-refractivity contribution in [3.63, 3.8) is 0 Å². The number of hydrogen-bond acceptors (Lipinski definition) is 5. The summed E-state index contributed by atoms with van der Waals surface area (Å²) in [4.78, 5) is 29.8. The van der Waals surface area contributed by atoms with Crippen LogP contribution in [0.25, 0.3) is 10.9 Å². The molecule has 2 heterocycles. The highest BCUT2D eigenvalue weighted by Crippen LogP contribution is 2.34. The monoisotopic (exact) mass is 351 g/mol. The number of anilines is 1. The minimum absolute atomic E-state index is 0.169. The Morgan fingerprint density at radius 1 is 1.23 bits per heavy atom. The lowest BCUT2D eigenvalue weighted by Crippen LogP contribution is -2.33. The van der Waals surface area contributed by atoms with Crippen LogP contribution in [0.5, 0.6) is 11.5 Å². The molecule has 3 aromatic rings. The van der Waals surface area contributed by atoms with E-state index < -0.39 is 6.04 Å². The van der Waals surface area contributed by atoms with E-state index >= 15 is 0 Å². The molecule has 132 valence electrons. The van der Waals surface area contributed by atoms with Gasteiger partial charge in [-0.25, -0.2) is 4.98 Å².